The molecule has 0 aliphatic heterocycles. The predicted molar refractivity (Wildman–Crippen MR) is 43.8 cm³/mol. The molecule has 0 saturated heterocycles. The van der Waals surface area contributed by atoms with Gasteiger partial charge in [-0.25, -0.2) is 4.39 Å². The van der Waals surface area contributed by atoms with Crippen LogP contribution in [0.4, 0.5) is 4.39 Å². The first-order chi connectivity index (χ1) is 6.26. The van der Waals surface area contributed by atoms with Crippen molar-refractivity contribution in [1.82, 2.24) is 4.98 Å². The van der Waals surface area contributed by atoms with Gasteiger partial charge in [0.15, 0.2) is 11.6 Å². The van der Waals surface area contributed by atoms with E-state index in [-0.39, 0.29) is 11.6 Å². The second kappa shape index (κ2) is 7.02. The van der Waals surface area contributed by atoms with Crippen molar-refractivity contribution in [2.45, 2.75) is 0 Å². The Morgan fingerprint density at radius 2 is 2.15 bits per heavy atom. The number of pyridine rings is 1. The molecule has 0 aliphatic carbocycles. The van der Waals surface area contributed by atoms with E-state index >= 15 is 0 Å². The van der Waals surface area contributed by atoms with Gasteiger partial charge in [-0.2, -0.15) is 0 Å². The van der Waals surface area contributed by atoms with Crippen molar-refractivity contribution < 1.29 is 18.7 Å². The maximum absolute atomic E-state index is 12.4. The number of aromatic nitrogens is 1. The van der Waals surface area contributed by atoms with Crippen LogP contribution in [0.15, 0.2) is 18.5 Å². The lowest BCUT2D eigenvalue weighted by Crippen LogP contribution is -1.87. The highest BCUT2D eigenvalue weighted by Crippen LogP contribution is 2.11. The van der Waals surface area contributed by atoms with Crippen molar-refractivity contribution in [1.29, 1.82) is 0 Å². The minimum atomic E-state index is -0.382. The molecule has 0 fully saturated rings. The average Bonchev–Trinajstić information content (AvgIpc) is 2.19. The number of ether oxygens (including phenoxy) is 2. The lowest BCUT2D eigenvalue weighted by Gasteiger charge is -1.96. The molecule has 13 heavy (non-hydrogen) atoms. The van der Waals surface area contributed by atoms with E-state index in [4.69, 9.17) is 4.79 Å². The Balaban J connectivity index is 0.000000310. The van der Waals surface area contributed by atoms with Gasteiger partial charge in [0.2, 0.25) is 0 Å². The van der Waals surface area contributed by atoms with Crippen molar-refractivity contribution in [3.63, 3.8) is 0 Å². The summed E-state index contributed by atoms with van der Waals surface area (Å²) in [6.45, 7) is 0.375. The smallest absolute Gasteiger partial charge is 0.292 e. The summed E-state index contributed by atoms with van der Waals surface area (Å²) in [5, 5.41) is 0. The predicted octanol–water partition coefficient (Wildman–Crippen LogP) is 1.02. The number of carbonyl (C=O) groups excluding carboxylic acids is 1. The molecule has 0 unspecified atom stereocenters. The highest BCUT2D eigenvalue weighted by atomic mass is 19.1. The van der Waals surface area contributed by atoms with Crippen LogP contribution < -0.4 is 4.74 Å². The standard InChI is InChI=1S/C6H6FNO.C2H4O2/c1-9-6-4-8-3-2-5(6)7;1-4-2-3/h2-4H,1H3;2H,1H3. The molecule has 0 bridgehead atoms. The molecule has 4 nitrogen and oxygen atoms in total. The zero-order valence-corrected chi connectivity index (χ0v) is 7.36. The summed E-state index contributed by atoms with van der Waals surface area (Å²) < 4.78 is 20.9. The van der Waals surface area contributed by atoms with E-state index < -0.39 is 0 Å². The van der Waals surface area contributed by atoms with E-state index in [0.29, 0.717) is 6.47 Å². The first-order valence-corrected chi connectivity index (χ1v) is 3.36. The first kappa shape index (κ1) is 11.4. The summed E-state index contributed by atoms with van der Waals surface area (Å²) in [6.07, 6.45) is 2.70. The number of nitrogens with zero attached hydrogens (tertiary/aromatic N) is 1. The zero-order chi connectivity index (χ0) is 10.1. The van der Waals surface area contributed by atoms with Gasteiger partial charge >= 0.3 is 0 Å². The molecule has 0 N–H and O–H groups in total. The monoisotopic (exact) mass is 187 g/mol. The summed E-state index contributed by atoms with van der Waals surface area (Å²) in [6, 6.07) is 1.25. The minimum absolute atomic E-state index is 0.178. The van der Waals surface area contributed by atoms with Crippen LogP contribution in [0.1, 0.15) is 0 Å². The topological polar surface area (TPSA) is 48.4 Å². The first-order valence-electron chi connectivity index (χ1n) is 3.36. The van der Waals surface area contributed by atoms with E-state index in [1.807, 2.05) is 0 Å². The van der Waals surface area contributed by atoms with Gasteiger partial charge in [0.05, 0.1) is 20.4 Å². The summed E-state index contributed by atoms with van der Waals surface area (Å²) in [5.41, 5.74) is 0. The maximum Gasteiger partial charge on any atom is 0.292 e. The molecular formula is C8H10FNO3. The molecule has 0 spiro atoms. The fourth-order valence-corrected chi connectivity index (χ4v) is 0.513. The largest absolute Gasteiger partial charge is 0.492 e. The van der Waals surface area contributed by atoms with Gasteiger partial charge in [0.1, 0.15) is 0 Å². The molecule has 0 radical (unpaired) electrons. The molecule has 72 valence electrons. The van der Waals surface area contributed by atoms with Crippen LogP contribution in [-0.2, 0) is 9.53 Å². The van der Waals surface area contributed by atoms with Crippen molar-refractivity contribution in [3.8, 4) is 5.75 Å². The Morgan fingerprint density at radius 1 is 1.54 bits per heavy atom. The molecule has 1 rings (SSSR count). The van der Waals surface area contributed by atoms with Gasteiger partial charge in [-0.1, -0.05) is 0 Å². The molecule has 0 saturated carbocycles. The number of halogens is 1. The molecule has 1 heterocycles. The van der Waals surface area contributed by atoms with Gasteiger partial charge in [-0.15, -0.1) is 0 Å². The minimum Gasteiger partial charge on any atom is -0.492 e. The van der Waals surface area contributed by atoms with Crippen molar-refractivity contribution in [2.24, 2.45) is 0 Å². The van der Waals surface area contributed by atoms with E-state index in [9.17, 15) is 4.39 Å². The molecule has 0 atom stereocenters. The third-order valence-electron chi connectivity index (χ3n) is 1.05. The molecular weight excluding hydrogens is 177 g/mol. The van der Waals surface area contributed by atoms with Gasteiger partial charge in [0.25, 0.3) is 6.47 Å². The van der Waals surface area contributed by atoms with Crippen LogP contribution in [0, 0.1) is 5.82 Å². The number of carbonyl (C=O) groups is 1. The van der Waals surface area contributed by atoms with Crippen molar-refractivity contribution in [3.05, 3.63) is 24.3 Å². The van der Waals surface area contributed by atoms with Gasteiger partial charge in [-0.05, 0) is 6.07 Å². The van der Waals surface area contributed by atoms with Crippen LogP contribution >= 0.6 is 0 Å². The molecule has 5 heteroatoms. The average molecular weight is 187 g/mol. The van der Waals surface area contributed by atoms with Gasteiger partial charge in [0, 0.05) is 6.20 Å². The molecule has 0 amide bonds. The Bertz CT molecular complexity index is 255. The Hall–Kier alpha value is -1.65. The van der Waals surface area contributed by atoms with Crippen LogP contribution in [0.3, 0.4) is 0 Å². The number of methoxy groups -OCH3 is 2. The van der Waals surface area contributed by atoms with Crippen molar-refractivity contribution >= 4 is 6.47 Å². The fraction of sp³-hybridized carbons (Fsp3) is 0.250. The maximum atomic E-state index is 12.4. The quantitative estimate of drug-likeness (QED) is 0.648. The van der Waals surface area contributed by atoms with Crippen LogP contribution in [0.25, 0.3) is 0 Å². The Labute approximate surface area is 75.3 Å². The fourth-order valence-electron chi connectivity index (χ4n) is 0.513. The third kappa shape index (κ3) is 4.73. The normalized spacial score (nSPS) is 7.92. The van der Waals surface area contributed by atoms with Crippen LogP contribution in [-0.4, -0.2) is 25.7 Å². The van der Waals surface area contributed by atoms with E-state index in [1.165, 1.54) is 32.7 Å². The molecule has 0 aliphatic rings. The number of rotatable bonds is 2. The second-order valence-corrected chi connectivity index (χ2v) is 1.84. The number of hydrogen-bond donors (Lipinski definition) is 0. The van der Waals surface area contributed by atoms with E-state index in [1.54, 1.807) is 0 Å². The summed E-state index contributed by atoms with van der Waals surface area (Å²) in [7, 11) is 2.72. The van der Waals surface area contributed by atoms with Crippen LogP contribution in [0.5, 0.6) is 5.75 Å². The van der Waals surface area contributed by atoms with Gasteiger partial charge in [-0.3, -0.25) is 9.78 Å². The number of hydrogen-bond acceptors (Lipinski definition) is 4. The highest BCUT2D eigenvalue weighted by molar-refractivity contribution is 5.36. The zero-order valence-electron chi connectivity index (χ0n) is 7.36. The van der Waals surface area contributed by atoms with E-state index in [2.05, 4.69) is 14.5 Å². The lowest BCUT2D eigenvalue weighted by molar-refractivity contribution is -0.126. The van der Waals surface area contributed by atoms with Crippen molar-refractivity contribution in [2.75, 3.05) is 14.2 Å². The summed E-state index contributed by atoms with van der Waals surface area (Å²) >= 11 is 0. The third-order valence-corrected chi connectivity index (χ3v) is 1.05. The highest BCUT2D eigenvalue weighted by Gasteiger charge is 1.96. The van der Waals surface area contributed by atoms with Crippen LogP contribution in [0.2, 0.25) is 0 Å². The summed E-state index contributed by atoms with van der Waals surface area (Å²) in [4.78, 5) is 12.6. The van der Waals surface area contributed by atoms with E-state index in [0.717, 1.165) is 0 Å². The Morgan fingerprint density at radius 3 is 2.46 bits per heavy atom. The molecule has 1 aromatic heterocycles. The molecule has 0 aromatic carbocycles. The molecule has 1 aromatic rings. The van der Waals surface area contributed by atoms with Gasteiger partial charge < -0.3 is 9.47 Å². The summed E-state index contributed by atoms with van der Waals surface area (Å²) in [5.74, 6) is -0.204. The SMILES string of the molecule is COC=O.COc1cnccc1F. The Kier molecular flexibility index (Phi) is 6.13. The lowest BCUT2D eigenvalue weighted by atomic mass is 10.4. The second-order valence-electron chi connectivity index (χ2n) is 1.84.